The predicted octanol–water partition coefficient (Wildman–Crippen LogP) is 4.48. The topological polar surface area (TPSA) is 88.7 Å². The number of thiocarbonyl (C=S) groups is 1. The Morgan fingerprint density at radius 2 is 1.67 bits per heavy atom. The van der Waals surface area contributed by atoms with Crippen molar-refractivity contribution in [3.63, 3.8) is 0 Å². The van der Waals surface area contributed by atoms with Crippen LogP contribution in [-0.4, -0.2) is 30.1 Å². The monoisotopic (exact) mass is 471 g/mol. The fraction of sp³-hybridized carbons (Fsp3) is 0.400. The maximum absolute atomic E-state index is 12.3. The van der Waals surface area contributed by atoms with Crippen LogP contribution in [0.3, 0.4) is 0 Å². The van der Waals surface area contributed by atoms with Gasteiger partial charge in [-0.1, -0.05) is 58.2 Å². The minimum atomic E-state index is -0.425. The lowest BCUT2D eigenvalue weighted by atomic mass is 10.0. The van der Waals surface area contributed by atoms with E-state index < -0.39 is 11.8 Å². The summed E-state index contributed by atoms with van der Waals surface area (Å²) in [5.41, 5.74) is 6.37. The Morgan fingerprint density at radius 3 is 2.36 bits per heavy atom. The van der Waals surface area contributed by atoms with E-state index in [9.17, 15) is 9.59 Å². The Labute approximate surface area is 201 Å². The van der Waals surface area contributed by atoms with Crippen LogP contribution in [-0.2, 0) is 4.79 Å². The molecule has 2 rings (SSSR count). The first-order chi connectivity index (χ1) is 15.9. The number of hydrogen-bond donors (Lipinski definition) is 3. The summed E-state index contributed by atoms with van der Waals surface area (Å²) in [6.07, 6.45) is 4.55. The molecule has 0 aromatic heterocycles. The average Bonchev–Trinajstić information content (AvgIpc) is 2.81. The van der Waals surface area contributed by atoms with E-state index in [-0.39, 0.29) is 17.6 Å². The van der Waals surface area contributed by atoms with E-state index in [1.54, 1.807) is 24.3 Å². The van der Waals surface area contributed by atoms with Crippen molar-refractivity contribution in [2.45, 2.75) is 52.4 Å². The maximum Gasteiger partial charge on any atom is 0.276 e. The van der Waals surface area contributed by atoms with Crippen molar-refractivity contribution in [2.75, 3.05) is 13.2 Å². The Bertz CT molecular complexity index is 916. The molecule has 0 atom stereocenters. The number of para-hydroxylation sites is 1. The molecule has 178 valence electrons. The van der Waals surface area contributed by atoms with Gasteiger partial charge >= 0.3 is 0 Å². The predicted molar refractivity (Wildman–Crippen MR) is 133 cm³/mol. The first-order valence-corrected chi connectivity index (χ1v) is 11.7. The van der Waals surface area contributed by atoms with E-state index in [1.165, 1.54) is 12.8 Å². The van der Waals surface area contributed by atoms with Gasteiger partial charge in [-0.15, -0.1) is 0 Å². The number of ether oxygens (including phenoxy) is 2. The fourth-order valence-corrected chi connectivity index (χ4v) is 3.17. The Balaban J connectivity index is 1.71. The Hall–Kier alpha value is -3.13. The number of hydrogen-bond acceptors (Lipinski definition) is 5. The first kappa shape index (κ1) is 26.1. The quantitative estimate of drug-likeness (QED) is 0.254. The average molecular weight is 472 g/mol. The van der Waals surface area contributed by atoms with E-state index >= 15 is 0 Å². The lowest BCUT2D eigenvalue weighted by molar-refractivity contribution is -0.123. The molecule has 0 spiro atoms. The molecule has 2 aromatic rings. The number of nitrogens with one attached hydrogen (secondary N) is 3. The summed E-state index contributed by atoms with van der Waals surface area (Å²) in [7, 11) is 0. The second kappa shape index (κ2) is 14.1. The summed E-state index contributed by atoms with van der Waals surface area (Å²) in [4.78, 5) is 24.4. The smallest absolute Gasteiger partial charge is 0.276 e. The van der Waals surface area contributed by atoms with Crippen LogP contribution >= 0.6 is 12.2 Å². The van der Waals surface area contributed by atoms with Crippen molar-refractivity contribution < 1.29 is 19.1 Å². The second-order valence-corrected chi connectivity index (χ2v) is 8.28. The van der Waals surface area contributed by atoms with Crippen LogP contribution in [0.2, 0.25) is 0 Å². The van der Waals surface area contributed by atoms with Gasteiger partial charge < -0.3 is 9.47 Å². The SMILES string of the molecule is CCCCCCOc1ccc(C(=O)NC(=S)NNC(=O)COc2ccccc2C(C)C)cc1. The molecule has 0 saturated heterocycles. The molecule has 0 saturated carbocycles. The molecule has 0 bridgehead atoms. The summed E-state index contributed by atoms with van der Waals surface area (Å²) in [6, 6.07) is 14.4. The zero-order valence-electron chi connectivity index (χ0n) is 19.5. The molecule has 0 radical (unpaired) electrons. The van der Waals surface area contributed by atoms with Gasteiger partial charge in [0.2, 0.25) is 0 Å². The number of hydrazine groups is 1. The van der Waals surface area contributed by atoms with Crippen molar-refractivity contribution in [2.24, 2.45) is 0 Å². The van der Waals surface area contributed by atoms with Gasteiger partial charge in [0.05, 0.1) is 6.61 Å². The minimum absolute atomic E-state index is 0.0211. The third kappa shape index (κ3) is 9.49. The van der Waals surface area contributed by atoms with Gasteiger partial charge in [0.15, 0.2) is 11.7 Å². The highest BCUT2D eigenvalue weighted by molar-refractivity contribution is 7.80. The Kier molecular flexibility index (Phi) is 11.2. The van der Waals surface area contributed by atoms with Crippen LogP contribution in [0, 0.1) is 0 Å². The van der Waals surface area contributed by atoms with Gasteiger partial charge in [-0.3, -0.25) is 25.8 Å². The molecule has 33 heavy (non-hydrogen) atoms. The zero-order chi connectivity index (χ0) is 24.1. The molecule has 0 heterocycles. The molecule has 2 amide bonds. The van der Waals surface area contributed by atoms with Gasteiger partial charge in [0.1, 0.15) is 11.5 Å². The minimum Gasteiger partial charge on any atom is -0.494 e. The molecule has 0 fully saturated rings. The zero-order valence-corrected chi connectivity index (χ0v) is 20.3. The highest BCUT2D eigenvalue weighted by atomic mass is 32.1. The van der Waals surface area contributed by atoms with Gasteiger partial charge in [-0.05, 0) is 60.5 Å². The maximum atomic E-state index is 12.3. The Morgan fingerprint density at radius 1 is 0.939 bits per heavy atom. The lowest BCUT2D eigenvalue weighted by Crippen LogP contribution is -2.49. The molecule has 3 N–H and O–H groups in total. The van der Waals surface area contributed by atoms with E-state index in [2.05, 4.69) is 36.9 Å². The molecule has 2 aromatic carbocycles. The number of amides is 2. The summed E-state index contributed by atoms with van der Waals surface area (Å²) >= 11 is 5.08. The molecule has 0 aliphatic carbocycles. The van der Waals surface area contributed by atoms with Crippen LogP contribution in [0.5, 0.6) is 11.5 Å². The summed E-state index contributed by atoms with van der Waals surface area (Å²) in [5.74, 6) is 0.836. The largest absolute Gasteiger partial charge is 0.494 e. The second-order valence-electron chi connectivity index (χ2n) is 7.87. The molecule has 8 heteroatoms. The van der Waals surface area contributed by atoms with Crippen LogP contribution in [0.15, 0.2) is 48.5 Å². The van der Waals surface area contributed by atoms with Crippen LogP contribution in [0.25, 0.3) is 0 Å². The molecule has 0 aliphatic heterocycles. The fourth-order valence-electron chi connectivity index (χ4n) is 3.02. The van der Waals surface area contributed by atoms with Crippen LogP contribution in [0.4, 0.5) is 0 Å². The van der Waals surface area contributed by atoms with Crippen molar-refractivity contribution in [1.82, 2.24) is 16.2 Å². The van der Waals surface area contributed by atoms with Crippen molar-refractivity contribution in [1.29, 1.82) is 0 Å². The van der Waals surface area contributed by atoms with E-state index in [4.69, 9.17) is 21.7 Å². The molecular weight excluding hydrogens is 438 g/mol. The van der Waals surface area contributed by atoms with Crippen LogP contribution < -0.4 is 25.6 Å². The highest BCUT2D eigenvalue weighted by Crippen LogP contribution is 2.25. The van der Waals surface area contributed by atoms with E-state index in [0.29, 0.717) is 17.9 Å². The van der Waals surface area contributed by atoms with Gasteiger partial charge in [-0.2, -0.15) is 0 Å². The number of unbranched alkanes of at least 4 members (excludes halogenated alkanes) is 3. The molecule has 0 unspecified atom stereocenters. The standard InChI is InChI=1S/C25H33N3O4S/c1-4-5-6-9-16-31-20-14-12-19(13-15-20)24(30)26-25(33)28-27-23(29)17-32-22-11-8-7-10-21(22)18(2)3/h7-8,10-15,18H,4-6,9,16-17H2,1-3H3,(H,27,29)(H2,26,28,30,33). The molecule has 0 aliphatic rings. The first-order valence-electron chi connectivity index (χ1n) is 11.3. The van der Waals surface area contributed by atoms with Crippen molar-refractivity contribution in [3.8, 4) is 11.5 Å². The number of carbonyl (C=O) groups is 2. The van der Waals surface area contributed by atoms with Crippen molar-refractivity contribution >= 4 is 29.1 Å². The summed E-state index contributed by atoms with van der Waals surface area (Å²) < 4.78 is 11.3. The number of carbonyl (C=O) groups excluding carboxylic acids is 2. The number of benzene rings is 2. The normalized spacial score (nSPS) is 10.4. The highest BCUT2D eigenvalue weighted by Gasteiger charge is 2.11. The van der Waals surface area contributed by atoms with Crippen molar-refractivity contribution in [3.05, 3.63) is 59.7 Å². The van der Waals surface area contributed by atoms with Crippen LogP contribution in [0.1, 0.15) is 68.3 Å². The summed E-state index contributed by atoms with van der Waals surface area (Å²) in [5, 5.41) is 2.50. The third-order valence-corrected chi connectivity index (χ3v) is 5.03. The lowest BCUT2D eigenvalue weighted by Gasteiger charge is -2.14. The van der Waals surface area contributed by atoms with E-state index in [0.717, 1.165) is 24.2 Å². The third-order valence-electron chi connectivity index (χ3n) is 4.83. The van der Waals surface area contributed by atoms with Gasteiger partial charge in [-0.25, -0.2) is 0 Å². The van der Waals surface area contributed by atoms with Gasteiger partial charge in [0, 0.05) is 5.56 Å². The molecule has 7 nitrogen and oxygen atoms in total. The van der Waals surface area contributed by atoms with E-state index in [1.807, 2.05) is 24.3 Å². The van der Waals surface area contributed by atoms with Gasteiger partial charge in [0.25, 0.3) is 11.8 Å². The number of rotatable bonds is 11. The summed E-state index contributed by atoms with van der Waals surface area (Å²) in [6.45, 7) is 6.75. The molecular formula is C25H33N3O4S.